The van der Waals surface area contributed by atoms with Crippen LogP contribution in [0.1, 0.15) is 46.0 Å². The Morgan fingerprint density at radius 2 is 1.65 bits per heavy atom. The highest BCUT2D eigenvalue weighted by atomic mass is 16.2. The van der Waals surface area contributed by atoms with Crippen LogP contribution in [0.4, 0.5) is 11.4 Å². The number of amides is 2. The van der Waals surface area contributed by atoms with E-state index in [2.05, 4.69) is 27.8 Å². The van der Waals surface area contributed by atoms with E-state index in [1.165, 1.54) is 39.0 Å². The number of likely N-dealkylation sites (N-methyl/N-ethyl adjacent to an activating group) is 1. The van der Waals surface area contributed by atoms with Gasteiger partial charge in [-0.2, -0.15) is 0 Å². The monoisotopic (exact) mass is 360 g/mol. The predicted octanol–water partition coefficient (Wildman–Crippen LogP) is 2.83. The molecule has 0 atom stereocenters. The van der Waals surface area contributed by atoms with Crippen LogP contribution in [-0.4, -0.2) is 48.9 Å². The van der Waals surface area contributed by atoms with Gasteiger partial charge in [-0.15, -0.1) is 0 Å². The first kappa shape index (κ1) is 20.4. The van der Waals surface area contributed by atoms with Crippen molar-refractivity contribution < 1.29 is 9.59 Å². The molecule has 0 heterocycles. The molecule has 0 saturated heterocycles. The molecule has 26 heavy (non-hydrogen) atoms. The number of nitrogens with one attached hydrogen (secondary N) is 3. The Kier molecular flexibility index (Phi) is 8.58. The topological polar surface area (TPSA) is 73.5 Å². The highest BCUT2D eigenvalue weighted by Crippen LogP contribution is 2.17. The van der Waals surface area contributed by atoms with Gasteiger partial charge in [-0.05, 0) is 43.7 Å². The molecule has 6 heteroatoms. The van der Waals surface area contributed by atoms with Crippen molar-refractivity contribution >= 4 is 23.2 Å². The maximum Gasteiger partial charge on any atom is 0.238 e. The molecule has 0 unspecified atom stereocenters. The van der Waals surface area contributed by atoms with Gasteiger partial charge in [0.25, 0.3) is 0 Å². The van der Waals surface area contributed by atoms with Gasteiger partial charge in [0.15, 0.2) is 0 Å². The second-order valence-electron chi connectivity index (χ2n) is 6.96. The van der Waals surface area contributed by atoms with E-state index in [0.29, 0.717) is 12.6 Å². The lowest BCUT2D eigenvalue weighted by Gasteiger charge is -2.25. The lowest BCUT2D eigenvalue weighted by molar-refractivity contribution is -0.117. The molecule has 1 fully saturated rings. The Balaban J connectivity index is 1.71. The Labute approximate surface area is 156 Å². The standard InChI is InChI=1S/C20H32N4O2/c1-3-24(14-13-21-17-7-5-4-6-8-17)15-20(26)23-19-11-9-18(10-12-19)22-16(2)25/h9-12,17,21H,3-8,13-15H2,1-2H3,(H,22,25)(H,23,26). The van der Waals surface area contributed by atoms with E-state index in [9.17, 15) is 9.59 Å². The summed E-state index contributed by atoms with van der Waals surface area (Å²) in [5.41, 5.74) is 1.46. The summed E-state index contributed by atoms with van der Waals surface area (Å²) in [6.07, 6.45) is 6.59. The Morgan fingerprint density at radius 3 is 2.23 bits per heavy atom. The molecule has 0 spiro atoms. The van der Waals surface area contributed by atoms with Crippen LogP contribution in [-0.2, 0) is 9.59 Å². The third-order valence-electron chi connectivity index (χ3n) is 4.77. The van der Waals surface area contributed by atoms with Gasteiger partial charge < -0.3 is 16.0 Å². The highest BCUT2D eigenvalue weighted by Gasteiger charge is 2.14. The average Bonchev–Trinajstić information content (AvgIpc) is 2.63. The van der Waals surface area contributed by atoms with E-state index < -0.39 is 0 Å². The van der Waals surface area contributed by atoms with Crippen LogP contribution in [0.2, 0.25) is 0 Å². The van der Waals surface area contributed by atoms with Gasteiger partial charge >= 0.3 is 0 Å². The minimum absolute atomic E-state index is 0.0169. The second kappa shape index (κ2) is 10.9. The average molecular weight is 361 g/mol. The van der Waals surface area contributed by atoms with Crippen molar-refractivity contribution in [2.45, 2.75) is 52.0 Å². The molecule has 0 aromatic heterocycles. The van der Waals surface area contributed by atoms with Crippen LogP contribution in [0, 0.1) is 0 Å². The van der Waals surface area contributed by atoms with Gasteiger partial charge in [-0.3, -0.25) is 14.5 Å². The third kappa shape index (κ3) is 7.54. The minimum atomic E-state index is -0.109. The first-order chi connectivity index (χ1) is 12.6. The smallest absolute Gasteiger partial charge is 0.238 e. The molecule has 1 aliphatic carbocycles. The maximum absolute atomic E-state index is 12.3. The largest absolute Gasteiger partial charge is 0.326 e. The van der Waals surface area contributed by atoms with E-state index >= 15 is 0 Å². The van der Waals surface area contributed by atoms with Crippen LogP contribution < -0.4 is 16.0 Å². The van der Waals surface area contributed by atoms with E-state index in [-0.39, 0.29) is 11.8 Å². The van der Waals surface area contributed by atoms with Crippen molar-refractivity contribution in [1.29, 1.82) is 0 Å². The number of hydrogen-bond acceptors (Lipinski definition) is 4. The van der Waals surface area contributed by atoms with E-state index in [1.807, 2.05) is 0 Å². The number of nitrogens with zero attached hydrogens (tertiary/aromatic N) is 1. The van der Waals surface area contributed by atoms with Crippen molar-refractivity contribution in [3.63, 3.8) is 0 Å². The molecule has 2 rings (SSSR count). The van der Waals surface area contributed by atoms with Gasteiger partial charge in [-0.1, -0.05) is 26.2 Å². The molecule has 0 bridgehead atoms. The van der Waals surface area contributed by atoms with Gasteiger partial charge in [0, 0.05) is 37.4 Å². The van der Waals surface area contributed by atoms with Crippen LogP contribution >= 0.6 is 0 Å². The van der Waals surface area contributed by atoms with Crippen molar-refractivity contribution in [2.75, 3.05) is 36.8 Å². The SMILES string of the molecule is CCN(CCNC1CCCCC1)CC(=O)Nc1ccc(NC(C)=O)cc1. The number of anilines is 2. The van der Waals surface area contributed by atoms with Crippen LogP contribution in [0.15, 0.2) is 24.3 Å². The van der Waals surface area contributed by atoms with E-state index in [0.717, 1.165) is 31.0 Å². The summed E-state index contributed by atoms with van der Waals surface area (Å²) in [7, 11) is 0. The molecule has 1 aromatic rings. The first-order valence-electron chi connectivity index (χ1n) is 9.70. The summed E-state index contributed by atoms with van der Waals surface area (Å²) in [6, 6.07) is 7.80. The summed E-state index contributed by atoms with van der Waals surface area (Å²) < 4.78 is 0. The summed E-state index contributed by atoms with van der Waals surface area (Å²) in [4.78, 5) is 25.4. The van der Waals surface area contributed by atoms with Gasteiger partial charge in [0.1, 0.15) is 0 Å². The number of rotatable bonds is 9. The number of benzene rings is 1. The molecule has 144 valence electrons. The number of hydrogen-bond donors (Lipinski definition) is 3. The zero-order valence-electron chi connectivity index (χ0n) is 16.0. The third-order valence-corrected chi connectivity index (χ3v) is 4.77. The fraction of sp³-hybridized carbons (Fsp3) is 0.600. The molecule has 1 aliphatic rings. The quantitative estimate of drug-likeness (QED) is 0.633. The summed E-state index contributed by atoms with van der Waals surface area (Å²) >= 11 is 0. The Morgan fingerprint density at radius 1 is 1.04 bits per heavy atom. The highest BCUT2D eigenvalue weighted by molar-refractivity contribution is 5.93. The van der Waals surface area contributed by atoms with E-state index in [4.69, 9.17) is 0 Å². The molecule has 2 amide bonds. The van der Waals surface area contributed by atoms with Crippen molar-refractivity contribution in [3.05, 3.63) is 24.3 Å². The summed E-state index contributed by atoms with van der Waals surface area (Å²) in [5, 5.41) is 9.25. The van der Waals surface area contributed by atoms with Crippen LogP contribution in [0.25, 0.3) is 0 Å². The van der Waals surface area contributed by atoms with Crippen molar-refractivity contribution in [2.24, 2.45) is 0 Å². The molecular formula is C20H32N4O2. The molecule has 0 radical (unpaired) electrons. The number of carbonyl (C=O) groups excluding carboxylic acids is 2. The van der Waals surface area contributed by atoms with E-state index in [1.54, 1.807) is 24.3 Å². The lowest BCUT2D eigenvalue weighted by atomic mass is 9.95. The van der Waals surface area contributed by atoms with Gasteiger partial charge in [0.2, 0.25) is 11.8 Å². The normalized spacial score (nSPS) is 15.0. The summed E-state index contributed by atoms with van der Waals surface area (Å²) in [5.74, 6) is -0.126. The zero-order valence-corrected chi connectivity index (χ0v) is 16.0. The van der Waals surface area contributed by atoms with Gasteiger partial charge in [0.05, 0.1) is 6.54 Å². The molecule has 1 saturated carbocycles. The fourth-order valence-corrected chi connectivity index (χ4v) is 3.33. The fourth-order valence-electron chi connectivity index (χ4n) is 3.33. The Bertz CT molecular complexity index is 568. The van der Waals surface area contributed by atoms with Crippen LogP contribution in [0.5, 0.6) is 0 Å². The molecule has 6 nitrogen and oxygen atoms in total. The second-order valence-corrected chi connectivity index (χ2v) is 6.96. The predicted molar refractivity (Wildman–Crippen MR) is 106 cm³/mol. The molecule has 0 aliphatic heterocycles. The minimum Gasteiger partial charge on any atom is -0.326 e. The number of carbonyl (C=O) groups is 2. The molecule has 1 aromatic carbocycles. The van der Waals surface area contributed by atoms with Crippen molar-refractivity contribution in [1.82, 2.24) is 10.2 Å². The van der Waals surface area contributed by atoms with Crippen molar-refractivity contribution in [3.8, 4) is 0 Å². The van der Waals surface area contributed by atoms with Gasteiger partial charge in [-0.25, -0.2) is 0 Å². The first-order valence-corrected chi connectivity index (χ1v) is 9.70. The molecular weight excluding hydrogens is 328 g/mol. The lowest BCUT2D eigenvalue weighted by Crippen LogP contribution is -2.40. The van der Waals surface area contributed by atoms with Crippen LogP contribution in [0.3, 0.4) is 0 Å². The Hall–Kier alpha value is -1.92. The molecule has 3 N–H and O–H groups in total. The zero-order chi connectivity index (χ0) is 18.8. The maximum atomic E-state index is 12.3. The summed E-state index contributed by atoms with van der Waals surface area (Å²) in [6.45, 7) is 6.59.